The van der Waals surface area contributed by atoms with E-state index in [9.17, 15) is 0 Å². The van der Waals surface area contributed by atoms with E-state index in [0.29, 0.717) is 0 Å². The molecule has 138 valence electrons. The number of likely N-dealkylation sites (N-methyl/N-ethyl adjacent to an activating group) is 1. The molecule has 7 nitrogen and oxygen atoms in total. The minimum Gasteiger partial charge on any atom is -0.468 e. The van der Waals surface area contributed by atoms with E-state index in [-0.39, 0.29) is 30.0 Å². The molecule has 1 aromatic rings. The first kappa shape index (κ1) is 21.2. The number of hydrogen-bond donors (Lipinski definition) is 2. The van der Waals surface area contributed by atoms with Crippen molar-refractivity contribution in [2.24, 2.45) is 4.99 Å². The molecule has 1 fully saturated rings. The normalized spacial score (nSPS) is 17.4. The Kier molecular flexibility index (Phi) is 10.3. The van der Waals surface area contributed by atoms with Crippen molar-refractivity contribution in [1.82, 2.24) is 20.4 Å². The maximum Gasteiger partial charge on any atom is 0.191 e. The highest BCUT2D eigenvalue weighted by Crippen LogP contribution is 2.17. The summed E-state index contributed by atoms with van der Waals surface area (Å²) in [6.45, 7) is 6.29. The second kappa shape index (κ2) is 11.7. The van der Waals surface area contributed by atoms with Gasteiger partial charge in [-0.25, -0.2) is 0 Å². The number of aliphatic imine (C=N–C) groups is 1. The monoisotopic (exact) mass is 451 g/mol. The highest BCUT2D eigenvalue weighted by molar-refractivity contribution is 14.0. The third-order valence-corrected chi connectivity index (χ3v) is 4.01. The third kappa shape index (κ3) is 6.96. The lowest BCUT2D eigenvalue weighted by atomic mass is 10.2. The number of morpholine rings is 1. The Morgan fingerprint density at radius 2 is 2.08 bits per heavy atom. The van der Waals surface area contributed by atoms with Gasteiger partial charge < -0.3 is 19.8 Å². The van der Waals surface area contributed by atoms with Crippen molar-refractivity contribution < 1.29 is 9.15 Å². The number of furan rings is 1. The van der Waals surface area contributed by atoms with Gasteiger partial charge in [0.1, 0.15) is 5.76 Å². The molecule has 0 spiro atoms. The van der Waals surface area contributed by atoms with Gasteiger partial charge in [0.15, 0.2) is 5.96 Å². The molecule has 8 heteroatoms. The standard InChI is InChI=1S/C16H29N5O2.HI/c1-17-16(18-6-7-21-8-11-22-12-9-21)19-13-14(20(2)3)15-5-4-10-23-15;/h4-5,10,14H,6-9,11-13H2,1-3H3,(H2,17,18,19);1H. The number of ether oxygens (including phenoxy) is 1. The van der Waals surface area contributed by atoms with E-state index in [1.54, 1.807) is 13.3 Å². The Balaban J connectivity index is 0.00000288. The smallest absolute Gasteiger partial charge is 0.191 e. The molecule has 2 heterocycles. The molecule has 1 aliphatic heterocycles. The van der Waals surface area contributed by atoms with Gasteiger partial charge in [-0.05, 0) is 26.2 Å². The van der Waals surface area contributed by atoms with Crippen LogP contribution in [0.1, 0.15) is 11.8 Å². The summed E-state index contributed by atoms with van der Waals surface area (Å²) in [5.41, 5.74) is 0. The van der Waals surface area contributed by atoms with E-state index < -0.39 is 0 Å². The Labute approximate surface area is 161 Å². The number of guanidine groups is 1. The van der Waals surface area contributed by atoms with E-state index in [4.69, 9.17) is 9.15 Å². The molecule has 1 saturated heterocycles. The fraction of sp³-hybridized carbons (Fsp3) is 0.688. The van der Waals surface area contributed by atoms with Crippen LogP contribution in [0.4, 0.5) is 0 Å². The molecule has 1 unspecified atom stereocenters. The molecule has 1 aliphatic rings. The molecule has 0 amide bonds. The minimum absolute atomic E-state index is 0. The van der Waals surface area contributed by atoms with Crippen LogP contribution in [0.3, 0.4) is 0 Å². The van der Waals surface area contributed by atoms with E-state index in [1.165, 1.54) is 0 Å². The summed E-state index contributed by atoms with van der Waals surface area (Å²) in [6.07, 6.45) is 1.71. The van der Waals surface area contributed by atoms with Crippen molar-refractivity contribution in [3.63, 3.8) is 0 Å². The van der Waals surface area contributed by atoms with Crippen molar-refractivity contribution in [2.45, 2.75) is 6.04 Å². The number of halogens is 1. The van der Waals surface area contributed by atoms with E-state index in [0.717, 1.165) is 57.7 Å². The van der Waals surface area contributed by atoms with Gasteiger partial charge in [0, 0.05) is 39.8 Å². The zero-order chi connectivity index (χ0) is 16.5. The number of rotatable bonds is 7. The zero-order valence-electron chi connectivity index (χ0n) is 14.8. The highest BCUT2D eigenvalue weighted by atomic mass is 127. The summed E-state index contributed by atoms with van der Waals surface area (Å²) in [5, 5.41) is 6.73. The van der Waals surface area contributed by atoms with Gasteiger partial charge in [0.05, 0.1) is 25.5 Å². The van der Waals surface area contributed by atoms with Crippen LogP contribution in [0, 0.1) is 0 Å². The molecule has 0 aromatic carbocycles. The maximum absolute atomic E-state index is 5.52. The Morgan fingerprint density at radius 1 is 1.33 bits per heavy atom. The Bertz CT molecular complexity index is 461. The van der Waals surface area contributed by atoms with Crippen molar-refractivity contribution >= 4 is 29.9 Å². The predicted octanol–water partition coefficient (Wildman–Crippen LogP) is 0.998. The molecule has 2 rings (SSSR count). The first-order valence-electron chi connectivity index (χ1n) is 8.15. The Hall–Kier alpha value is -0.840. The summed E-state index contributed by atoms with van der Waals surface area (Å²) in [6, 6.07) is 4.09. The highest BCUT2D eigenvalue weighted by Gasteiger charge is 2.17. The fourth-order valence-corrected chi connectivity index (χ4v) is 2.59. The summed E-state index contributed by atoms with van der Waals surface area (Å²) in [5.74, 6) is 1.77. The van der Waals surface area contributed by atoms with E-state index in [1.807, 2.05) is 26.2 Å². The van der Waals surface area contributed by atoms with Crippen molar-refractivity contribution in [2.75, 3.05) is 67.1 Å². The van der Waals surface area contributed by atoms with Crippen LogP contribution in [0.15, 0.2) is 27.8 Å². The lowest BCUT2D eigenvalue weighted by Crippen LogP contribution is -2.45. The first-order chi connectivity index (χ1) is 11.2. The van der Waals surface area contributed by atoms with Gasteiger partial charge in [-0.15, -0.1) is 24.0 Å². The molecule has 24 heavy (non-hydrogen) atoms. The van der Waals surface area contributed by atoms with E-state index >= 15 is 0 Å². The summed E-state index contributed by atoms with van der Waals surface area (Å²) in [4.78, 5) is 8.82. The molecule has 1 atom stereocenters. The lowest BCUT2D eigenvalue weighted by molar-refractivity contribution is 0.0389. The van der Waals surface area contributed by atoms with Gasteiger partial charge in [-0.3, -0.25) is 14.8 Å². The third-order valence-electron chi connectivity index (χ3n) is 4.01. The summed E-state index contributed by atoms with van der Waals surface area (Å²) >= 11 is 0. The topological polar surface area (TPSA) is 65.3 Å². The van der Waals surface area contributed by atoms with Crippen molar-refractivity contribution in [1.29, 1.82) is 0 Å². The van der Waals surface area contributed by atoms with Gasteiger partial charge in [-0.2, -0.15) is 0 Å². The van der Waals surface area contributed by atoms with Crippen LogP contribution < -0.4 is 10.6 Å². The predicted molar refractivity (Wildman–Crippen MR) is 107 cm³/mol. The molecular formula is C16H30IN5O2. The van der Waals surface area contributed by atoms with Crippen molar-refractivity contribution in [3.05, 3.63) is 24.2 Å². The van der Waals surface area contributed by atoms with Gasteiger partial charge in [-0.1, -0.05) is 0 Å². The SMILES string of the molecule is CN=C(NCCN1CCOCC1)NCC(c1ccco1)N(C)C.I. The van der Waals surface area contributed by atoms with Crippen LogP contribution in [0.5, 0.6) is 0 Å². The quantitative estimate of drug-likeness (QED) is 0.367. The summed E-state index contributed by atoms with van der Waals surface area (Å²) in [7, 11) is 5.88. The zero-order valence-corrected chi connectivity index (χ0v) is 17.2. The largest absolute Gasteiger partial charge is 0.468 e. The van der Waals surface area contributed by atoms with Gasteiger partial charge in [0.2, 0.25) is 0 Å². The number of hydrogen-bond acceptors (Lipinski definition) is 5. The van der Waals surface area contributed by atoms with E-state index in [2.05, 4.69) is 25.4 Å². The second-order valence-electron chi connectivity index (χ2n) is 5.83. The molecule has 0 radical (unpaired) electrons. The minimum atomic E-state index is 0. The molecule has 0 saturated carbocycles. The summed E-state index contributed by atoms with van der Waals surface area (Å²) < 4.78 is 10.9. The van der Waals surface area contributed by atoms with Crippen LogP contribution >= 0.6 is 24.0 Å². The average Bonchev–Trinajstić information content (AvgIpc) is 3.08. The molecular weight excluding hydrogens is 421 g/mol. The van der Waals surface area contributed by atoms with Gasteiger partial charge >= 0.3 is 0 Å². The van der Waals surface area contributed by atoms with Crippen LogP contribution in [-0.4, -0.2) is 82.8 Å². The Morgan fingerprint density at radius 3 is 2.67 bits per heavy atom. The molecule has 1 aromatic heterocycles. The van der Waals surface area contributed by atoms with Crippen LogP contribution in [-0.2, 0) is 4.74 Å². The second-order valence-corrected chi connectivity index (χ2v) is 5.83. The average molecular weight is 451 g/mol. The van der Waals surface area contributed by atoms with Crippen LogP contribution in [0.2, 0.25) is 0 Å². The fourth-order valence-electron chi connectivity index (χ4n) is 2.59. The molecule has 0 aliphatic carbocycles. The number of nitrogens with zero attached hydrogens (tertiary/aromatic N) is 3. The first-order valence-corrected chi connectivity index (χ1v) is 8.15. The van der Waals surface area contributed by atoms with Crippen molar-refractivity contribution in [3.8, 4) is 0 Å². The van der Waals surface area contributed by atoms with Crippen LogP contribution in [0.25, 0.3) is 0 Å². The lowest BCUT2D eigenvalue weighted by Gasteiger charge is -2.27. The maximum atomic E-state index is 5.52. The van der Waals surface area contributed by atoms with Gasteiger partial charge in [0.25, 0.3) is 0 Å². The molecule has 2 N–H and O–H groups in total. The number of nitrogens with one attached hydrogen (secondary N) is 2. The molecule has 0 bridgehead atoms.